The molecule has 0 radical (unpaired) electrons. The van der Waals surface area contributed by atoms with Crippen LogP contribution in [0.25, 0.3) is 11.1 Å². The van der Waals surface area contributed by atoms with E-state index in [0.717, 1.165) is 17.0 Å². The molecule has 3 heterocycles. The van der Waals surface area contributed by atoms with Crippen LogP contribution in [0.1, 0.15) is 12.6 Å². The molecule has 8 nitrogen and oxygen atoms in total. The Morgan fingerprint density at radius 1 is 1.30 bits per heavy atom. The van der Waals surface area contributed by atoms with Gasteiger partial charge in [0.25, 0.3) is 0 Å². The van der Waals surface area contributed by atoms with Crippen molar-refractivity contribution in [2.24, 2.45) is 11.8 Å². The van der Waals surface area contributed by atoms with Crippen LogP contribution in [-0.4, -0.2) is 49.4 Å². The summed E-state index contributed by atoms with van der Waals surface area (Å²) in [5.41, 5.74) is -0.146. The van der Waals surface area contributed by atoms with E-state index in [-0.39, 0.29) is 47.6 Å². The summed E-state index contributed by atoms with van der Waals surface area (Å²) in [6.07, 6.45) is -0.00895. The summed E-state index contributed by atoms with van der Waals surface area (Å²) in [4.78, 5) is 28.7. The van der Waals surface area contributed by atoms with Crippen LogP contribution in [0.4, 0.5) is 19.3 Å². The summed E-state index contributed by atoms with van der Waals surface area (Å²) in [7, 11) is 0. The highest BCUT2D eigenvalue weighted by molar-refractivity contribution is 5.90. The standard InChI is InChI=1S/C23H20F2N4O4/c1-12(30)27-7-15-8-29(22(31)33-15)14-4-18(24)21(19(25)5-14)13-2-3-20(28-6-13)23(11-26)16-9-32-10-17(16)23/h2-6,15-17H,7-10H2,1H3,(H,27,30)/t15-,16-,17+,23+/m0/s1. The molecule has 2 amide bonds. The fourth-order valence-electron chi connectivity index (χ4n) is 4.83. The molecule has 3 fully saturated rings. The lowest BCUT2D eigenvalue weighted by atomic mass is 9.96. The van der Waals surface area contributed by atoms with Crippen LogP contribution >= 0.6 is 0 Å². The van der Waals surface area contributed by atoms with E-state index in [1.807, 2.05) is 0 Å². The van der Waals surface area contributed by atoms with Crippen LogP contribution < -0.4 is 10.2 Å². The second-order valence-electron chi connectivity index (χ2n) is 8.50. The van der Waals surface area contributed by atoms with Gasteiger partial charge in [-0.1, -0.05) is 6.07 Å². The number of hydrogen-bond acceptors (Lipinski definition) is 6. The molecule has 5 rings (SSSR count). The number of fused-ring (bicyclic) bond motifs is 1. The summed E-state index contributed by atoms with van der Waals surface area (Å²) < 4.78 is 40.4. The summed E-state index contributed by atoms with van der Waals surface area (Å²) >= 11 is 0. The number of anilines is 1. The van der Waals surface area contributed by atoms with Gasteiger partial charge in [-0.2, -0.15) is 5.26 Å². The van der Waals surface area contributed by atoms with Crippen LogP contribution in [0, 0.1) is 34.8 Å². The fourth-order valence-corrected chi connectivity index (χ4v) is 4.83. The largest absolute Gasteiger partial charge is 0.442 e. The van der Waals surface area contributed by atoms with Gasteiger partial charge in [-0.25, -0.2) is 13.6 Å². The maximum absolute atomic E-state index is 15.0. The number of halogens is 2. The Morgan fingerprint density at radius 3 is 2.58 bits per heavy atom. The summed E-state index contributed by atoms with van der Waals surface area (Å²) in [6, 6.07) is 7.66. The van der Waals surface area contributed by atoms with Crippen molar-refractivity contribution in [1.82, 2.24) is 10.3 Å². The third-order valence-corrected chi connectivity index (χ3v) is 6.59. The minimum absolute atomic E-state index is 0.0166. The molecule has 1 N–H and O–H groups in total. The molecule has 1 saturated carbocycles. The number of nitrogens with zero attached hydrogens (tertiary/aromatic N) is 3. The van der Waals surface area contributed by atoms with Crippen molar-refractivity contribution < 1.29 is 27.8 Å². The molecule has 2 aliphatic heterocycles. The average molecular weight is 454 g/mol. The Hall–Kier alpha value is -3.58. The molecule has 4 atom stereocenters. The first-order valence-corrected chi connectivity index (χ1v) is 10.5. The number of aromatic nitrogens is 1. The molecular formula is C23H20F2N4O4. The predicted molar refractivity (Wildman–Crippen MR) is 111 cm³/mol. The number of nitriles is 1. The van der Waals surface area contributed by atoms with E-state index in [1.54, 1.807) is 12.1 Å². The van der Waals surface area contributed by atoms with Gasteiger partial charge in [-0.15, -0.1) is 0 Å². The minimum Gasteiger partial charge on any atom is -0.442 e. The number of cyclic esters (lactones) is 1. The Morgan fingerprint density at radius 2 is 2.00 bits per heavy atom. The highest BCUT2D eigenvalue weighted by atomic mass is 19.1. The smallest absolute Gasteiger partial charge is 0.414 e. The zero-order valence-electron chi connectivity index (χ0n) is 17.7. The van der Waals surface area contributed by atoms with Crippen LogP contribution in [0.5, 0.6) is 0 Å². The number of hydrogen-bond donors (Lipinski definition) is 1. The summed E-state index contributed by atoms with van der Waals surface area (Å²) in [5.74, 6) is -1.79. The van der Waals surface area contributed by atoms with E-state index >= 15 is 0 Å². The number of nitrogens with one attached hydrogen (secondary N) is 1. The number of amides is 2. The van der Waals surface area contributed by atoms with Gasteiger partial charge in [0.2, 0.25) is 5.91 Å². The zero-order chi connectivity index (χ0) is 23.3. The summed E-state index contributed by atoms with van der Waals surface area (Å²) in [5, 5.41) is 12.2. The average Bonchev–Trinajstić information content (AvgIpc) is 3.09. The van der Waals surface area contributed by atoms with Crippen LogP contribution in [0.15, 0.2) is 30.5 Å². The first-order valence-electron chi connectivity index (χ1n) is 10.5. The van der Waals surface area contributed by atoms with E-state index in [9.17, 15) is 23.6 Å². The molecule has 2 aromatic rings. The third-order valence-electron chi connectivity index (χ3n) is 6.59. The lowest BCUT2D eigenvalue weighted by molar-refractivity contribution is -0.119. The molecule has 170 valence electrons. The molecule has 33 heavy (non-hydrogen) atoms. The number of carbonyl (C=O) groups is 2. The first-order chi connectivity index (χ1) is 15.8. The molecule has 0 spiro atoms. The molecule has 10 heteroatoms. The fraction of sp³-hybridized carbons (Fsp3) is 0.391. The monoisotopic (exact) mass is 454 g/mol. The predicted octanol–water partition coefficient (Wildman–Crippen LogP) is 2.53. The van der Waals surface area contributed by atoms with Gasteiger partial charge in [0.05, 0.1) is 49.3 Å². The Balaban J connectivity index is 1.37. The molecule has 1 aromatic carbocycles. The van der Waals surface area contributed by atoms with Crippen molar-refractivity contribution in [2.75, 3.05) is 31.2 Å². The highest BCUT2D eigenvalue weighted by Crippen LogP contribution is 2.62. The SMILES string of the molecule is CC(=O)NC[C@H]1CN(c2cc(F)c(-c3ccc([C@@]4(C#N)[C@@H]5COC[C@@H]54)nc3)c(F)c2)C(=O)O1. The third kappa shape index (κ3) is 3.40. The van der Waals surface area contributed by atoms with Gasteiger partial charge >= 0.3 is 6.09 Å². The maximum atomic E-state index is 15.0. The Bertz CT molecular complexity index is 1150. The molecular weight excluding hydrogens is 434 g/mol. The van der Waals surface area contributed by atoms with E-state index in [4.69, 9.17) is 9.47 Å². The van der Waals surface area contributed by atoms with Crippen LogP contribution in [0.3, 0.4) is 0 Å². The lowest BCUT2D eigenvalue weighted by Crippen LogP contribution is -2.33. The van der Waals surface area contributed by atoms with Gasteiger partial charge in [-0.3, -0.25) is 14.7 Å². The summed E-state index contributed by atoms with van der Waals surface area (Å²) in [6.45, 7) is 2.52. The number of ether oxygens (including phenoxy) is 2. The van der Waals surface area contributed by atoms with Crippen molar-refractivity contribution in [1.29, 1.82) is 5.26 Å². The van der Waals surface area contributed by atoms with Crippen molar-refractivity contribution >= 4 is 17.7 Å². The maximum Gasteiger partial charge on any atom is 0.414 e. The van der Waals surface area contributed by atoms with E-state index in [1.165, 1.54) is 13.1 Å². The number of carbonyl (C=O) groups excluding carboxylic acids is 2. The Labute approximate surface area is 188 Å². The topological polar surface area (TPSA) is 105 Å². The van der Waals surface area contributed by atoms with Crippen molar-refractivity contribution in [3.63, 3.8) is 0 Å². The normalized spacial score (nSPS) is 27.6. The van der Waals surface area contributed by atoms with Crippen molar-refractivity contribution in [3.05, 3.63) is 47.8 Å². The van der Waals surface area contributed by atoms with E-state index in [0.29, 0.717) is 18.9 Å². The minimum atomic E-state index is -0.857. The van der Waals surface area contributed by atoms with Crippen molar-refractivity contribution in [3.8, 4) is 17.2 Å². The van der Waals surface area contributed by atoms with Gasteiger partial charge in [0.1, 0.15) is 23.2 Å². The molecule has 1 aromatic heterocycles. The van der Waals surface area contributed by atoms with E-state index in [2.05, 4.69) is 16.4 Å². The first kappa shape index (κ1) is 21.3. The van der Waals surface area contributed by atoms with Gasteiger partial charge in [-0.05, 0) is 18.2 Å². The molecule has 2 saturated heterocycles. The lowest BCUT2D eigenvalue weighted by Gasteiger charge is -2.16. The van der Waals surface area contributed by atoms with Crippen LogP contribution in [0.2, 0.25) is 0 Å². The van der Waals surface area contributed by atoms with Gasteiger partial charge in [0.15, 0.2) is 0 Å². The second kappa shape index (κ2) is 7.78. The number of rotatable bonds is 5. The zero-order valence-corrected chi connectivity index (χ0v) is 17.7. The number of benzene rings is 1. The van der Waals surface area contributed by atoms with Gasteiger partial charge < -0.3 is 14.8 Å². The van der Waals surface area contributed by atoms with E-state index < -0.39 is 29.2 Å². The molecule has 0 unspecified atom stereocenters. The molecule has 1 aliphatic carbocycles. The highest BCUT2D eigenvalue weighted by Gasteiger charge is 2.70. The van der Waals surface area contributed by atoms with Crippen molar-refractivity contribution in [2.45, 2.75) is 18.4 Å². The second-order valence-corrected chi connectivity index (χ2v) is 8.50. The Kier molecular flexibility index (Phi) is 5.01. The molecule has 3 aliphatic rings. The quantitative estimate of drug-likeness (QED) is 0.745. The molecule has 0 bridgehead atoms. The van der Waals surface area contributed by atoms with Gasteiger partial charge in [0, 0.05) is 30.5 Å². The number of pyridine rings is 1. The van der Waals surface area contributed by atoms with Crippen LogP contribution in [-0.2, 0) is 19.7 Å².